The number of halogens is 1. The first-order valence-corrected chi connectivity index (χ1v) is 5.37. The van der Waals surface area contributed by atoms with E-state index in [1.54, 1.807) is 0 Å². The molecule has 0 radical (unpaired) electrons. The molecule has 1 unspecified atom stereocenters. The van der Waals surface area contributed by atoms with Gasteiger partial charge in [-0.05, 0) is 26.8 Å². The summed E-state index contributed by atoms with van der Waals surface area (Å²) in [4.78, 5) is 13.6. The van der Waals surface area contributed by atoms with Gasteiger partial charge in [0.1, 0.15) is 6.04 Å². The predicted molar refractivity (Wildman–Crippen MR) is 62.4 cm³/mol. The van der Waals surface area contributed by atoms with Crippen molar-refractivity contribution < 1.29 is 9.53 Å². The molecule has 4 nitrogen and oxygen atoms in total. The van der Waals surface area contributed by atoms with Crippen molar-refractivity contribution in [2.45, 2.75) is 26.3 Å². The summed E-state index contributed by atoms with van der Waals surface area (Å²) in [5.41, 5.74) is 0. The molecule has 0 aromatic carbocycles. The van der Waals surface area contributed by atoms with Gasteiger partial charge in [0.05, 0.1) is 6.61 Å². The van der Waals surface area contributed by atoms with Gasteiger partial charge in [0.2, 0.25) is 0 Å². The van der Waals surface area contributed by atoms with Crippen LogP contribution in [0, 0.1) is 0 Å². The maximum Gasteiger partial charge on any atom is 0.323 e. The summed E-state index contributed by atoms with van der Waals surface area (Å²) in [7, 11) is 0. The van der Waals surface area contributed by atoms with Gasteiger partial charge in [0.15, 0.2) is 0 Å². The van der Waals surface area contributed by atoms with E-state index < -0.39 is 0 Å². The van der Waals surface area contributed by atoms with Gasteiger partial charge in [0, 0.05) is 19.6 Å². The monoisotopic (exact) mass is 236 g/mol. The fourth-order valence-corrected chi connectivity index (χ4v) is 1.67. The number of nitrogens with zero attached hydrogens (tertiary/aromatic N) is 1. The van der Waals surface area contributed by atoms with Crippen LogP contribution in [-0.4, -0.2) is 49.7 Å². The van der Waals surface area contributed by atoms with Crippen LogP contribution < -0.4 is 5.32 Å². The molecule has 5 heteroatoms. The molecule has 0 aromatic rings. The summed E-state index contributed by atoms with van der Waals surface area (Å²) in [6.45, 7) is 8.15. The lowest BCUT2D eigenvalue weighted by Gasteiger charge is -2.25. The lowest BCUT2D eigenvalue weighted by Crippen LogP contribution is -2.41. The van der Waals surface area contributed by atoms with Crippen LogP contribution in [0.15, 0.2) is 0 Å². The predicted octanol–water partition coefficient (Wildman–Crippen LogP) is 0.655. The van der Waals surface area contributed by atoms with Crippen LogP contribution >= 0.6 is 12.4 Å². The Morgan fingerprint density at radius 2 is 2.20 bits per heavy atom. The molecule has 0 amide bonds. The Morgan fingerprint density at radius 1 is 1.47 bits per heavy atom. The molecule has 0 saturated carbocycles. The normalized spacial score (nSPS) is 19.9. The number of esters is 1. The maximum absolute atomic E-state index is 11.5. The van der Waals surface area contributed by atoms with Crippen molar-refractivity contribution in [3.63, 3.8) is 0 Å². The van der Waals surface area contributed by atoms with Crippen LogP contribution in [0.5, 0.6) is 0 Å². The van der Waals surface area contributed by atoms with Crippen molar-refractivity contribution in [1.29, 1.82) is 0 Å². The summed E-state index contributed by atoms with van der Waals surface area (Å²) in [6, 6.07) is -0.102. The SMILES string of the molecule is CCOC(=O)C(C)N1CCCNCC1.Cl. The molecule has 1 rings (SSSR count). The van der Waals surface area contributed by atoms with E-state index in [0.717, 1.165) is 32.6 Å². The molecule has 0 aliphatic carbocycles. The molecule has 15 heavy (non-hydrogen) atoms. The standard InChI is InChI=1S/C10H20N2O2.ClH/c1-3-14-10(13)9(2)12-7-4-5-11-6-8-12;/h9,11H,3-8H2,1-2H3;1H. The van der Waals surface area contributed by atoms with Crippen molar-refractivity contribution in [1.82, 2.24) is 10.2 Å². The number of nitrogens with one attached hydrogen (secondary N) is 1. The first kappa shape index (κ1) is 14.7. The van der Waals surface area contributed by atoms with E-state index in [-0.39, 0.29) is 24.4 Å². The number of hydrogen-bond acceptors (Lipinski definition) is 4. The molecule has 1 aliphatic rings. The molecule has 1 N–H and O–H groups in total. The average molecular weight is 237 g/mol. The molecule has 1 atom stereocenters. The summed E-state index contributed by atoms with van der Waals surface area (Å²) in [6.07, 6.45) is 1.10. The summed E-state index contributed by atoms with van der Waals surface area (Å²) >= 11 is 0. The van der Waals surface area contributed by atoms with Crippen molar-refractivity contribution in [2.24, 2.45) is 0 Å². The smallest absolute Gasteiger partial charge is 0.323 e. The number of rotatable bonds is 3. The molecule has 0 aromatic heterocycles. The van der Waals surface area contributed by atoms with Crippen LogP contribution in [0.3, 0.4) is 0 Å². The highest BCUT2D eigenvalue weighted by Crippen LogP contribution is 2.04. The Bertz CT molecular complexity index is 182. The minimum absolute atomic E-state index is 0. The number of carbonyl (C=O) groups excluding carboxylic acids is 1. The van der Waals surface area contributed by atoms with E-state index in [1.165, 1.54) is 0 Å². The first-order chi connectivity index (χ1) is 6.75. The van der Waals surface area contributed by atoms with Crippen molar-refractivity contribution >= 4 is 18.4 Å². The zero-order chi connectivity index (χ0) is 10.4. The number of hydrogen-bond donors (Lipinski definition) is 1. The zero-order valence-corrected chi connectivity index (χ0v) is 10.3. The Kier molecular flexibility index (Phi) is 7.74. The van der Waals surface area contributed by atoms with Crippen LogP contribution in [0.4, 0.5) is 0 Å². The molecule has 1 fully saturated rings. The molecule has 1 heterocycles. The minimum Gasteiger partial charge on any atom is -0.465 e. The summed E-state index contributed by atoms with van der Waals surface area (Å²) < 4.78 is 5.00. The number of ether oxygens (including phenoxy) is 1. The maximum atomic E-state index is 11.5. The van der Waals surface area contributed by atoms with E-state index >= 15 is 0 Å². The minimum atomic E-state index is -0.102. The molecule has 90 valence electrons. The lowest BCUT2D eigenvalue weighted by atomic mass is 10.2. The largest absolute Gasteiger partial charge is 0.465 e. The van der Waals surface area contributed by atoms with Gasteiger partial charge in [-0.25, -0.2) is 0 Å². The molecule has 0 spiro atoms. The van der Waals surface area contributed by atoms with Gasteiger partial charge in [-0.1, -0.05) is 0 Å². The van der Waals surface area contributed by atoms with Gasteiger partial charge in [-0.2, -0.15) is 0 Å². The summed E-state index contributed by atoms with van der Waals surface area (Å²) in [5.74, 6) is -0.102. The van der Waals surface area contributed by atoms with Crippen LogP contribution in [0.1, 0.15) is 20.3 Å². The van der Waals surface area contributed by atoms with Gasteiger partial charge < -0.3 is 10.1 Å². The van der Waals surface area contributed by atoms with Gasteiger partial charge in [0.25, 0.3) is 0 Å². The summed E-state index contributed by atoms with van der Waals surface area (Å²) in [5, 5.41) is 3.31. The van der Waals surface area contributed by atoms with Gasteiger partial charge >= 0.3 is 5.97 Å². The Labute approximate surface area is 97.8 Å². The van der Waals surface area contributed by atoms with Crippen LogP contribution in [0.25, 0.3) is 0 Å². The van der Waals surface area contributed by atoms with Gasteiger partial charge in [-0.15, -0.1) is 12.4 Å². The Balaban J connectivity index is 0.00000196. The molecule has 0 bridgehead atoms. The third kappa shape index (κ3) is 4.82. The molecular formula is C10H21ClN2O2. The fourth-order valence-electron chi connectivity index (χ4n) is 1.67. The second-order valence-electron chi connectivity index (χ2n) is 3.57. The van der Waals surface area contributed by atoms with E-state index in [1.807, 2.05) is 13.8 Å². The second-order valence-corrected chi connectivity index (χ2v) is 3.57. The Morgan fingerprint density at radius 3 is 2.87 bits per heavy atom. The van der Waals surface area contributed by atoms with Crippen molar-refractivity contribution in [2.75, 3.05) is 32.8 Å². The molecule has 1 saturated heterocycles. The van der Waals surface area contributed by atoms with E-state index in [0.29, 0.717) is 6.61 Å². The average Bonchev–Trinajstić information content (AvgIpc) is 2.45. The second kappa shape index (κ2) is 7.91. The highest BCUT2D eigenvalue weighted by Gasteiger charge is 2.22. The van der Waals surface area contributed by atoms with Crippen molar-refractivity contribution in [3.05, 3.63) is 0 Å². The highest BCUT2D eigenvalue weighted by atomic mass is 35.5. The zero-order valence-electron chi connectivity index (χ0n) is 9.49. The molecule has 1 aliphatic heterocycles. The van der Waals surface area contributed by atoms with E-state index in [9.17, 15) is 4.79 Å². The van der Waals surface area contributed by atoms with Crippen LogP contribution in [0.2, 0.25) is 0 Å². The van der Waals surface area contributed by atoms with Crippen molar-refractivity contribution in [3.8, 4) is 0 Å². The number of carbonyl (C=O) groups is 1. The fraction of sp³-hybridized carbons (Fsp3) is 0.900. The quantitative estimate of drug-likeness (QED) is 0.731. The third-order valence-electron chi connectivity index (χ3n) is 2.55. The third-order valence-corrected chi connectivity index (χ3v) is 2.55. The lowest BCUT2D eigenvalue weighted by molar-refractivity contribution is -0.148. The van der Waals surface area contributed by atoms with Crippen LogP contribution in [-0.2, 0) is 9.53 Å². The Hall–Kier alpha value is -0.320. The van der Waals surface area contributed by atoms with E-state index in [2.05, 4.69) is 10.2 Å². The highest BCUT2D eigenvalue weighted by molar-refractivity contribution is 5.85. The molecular weight excluding hydrogens is 216 g/mol. The first-order valence-electron chi connectivity index (χ1n) is 5.37. The van der Waals surface area contributed by atoms with E-state index in [4.69, 9.17) is 4.74 Å². The van der Waals surface area contributed by atoms with Gasteiger partial charge in [-0.3, -0.25) is 9.69 Å². The topological polar surface area (TPSA) is 41.6 Å².